The molecule has 0 radical (unpaired) electrons. The molecule has 0 bridgehead atoms. The van der Waals surface area contributed by atoms with Crippen molar-refractivity contribution in [2.24, 2.45) is 12.2 Å². The number of primary sulfonamides is 1. The minimum absolute atomic E-state index is 0.123. The van der Waals surface area contributed by atoms with Crippen molar-refractivity contribution in [3.63, 3.8) is 0 Å². The van der Waals surface area contributed by atoms with E-state index in [1.54, 1.807) is 12.1 Å². The molecule has 2 aromatic rings. The highest BCUT2D eigenvalue weighted by Crippen LogP contribution is 2.20. The third-order valence-corrected chi connectivity index (χ3v) is 4.09. The Kier molecular flexibility index (Phi) is 4.04. The number of halogens is 1. The lowest BCUT2D eigenvalue weighted by Crippen LogP contribution is -2.17. The molecule has 0 spiro atoms. The van der Waals surface area contributed by atoms with Gasteiger partial charge in [-0.15, -0.1) is 0 Å². The summed E-state index contributed by atoms with van der Waals surface area (Å²) >= 11 is 5.95. The average molecular weight is 329 g/mol. The number of aromatic nitrogens is 2. The van der Waals surface area contributed by atoms with Crippen LogP contribution in [0.2, 0.25) is 5.02 Å². The number of carbonyl (C=O) groups is 1. The number of carbonyl (C=O) groups excluding carboxylic acids is 1. The molecule has 7 nitrogen and oxygen atoms in total. The minimum Gasteiger partial charge on any atom is -0.304 e. The number of hydrogen-bond acceptors (Lipinski definition) is 4. The maximum atomic E-state index is 12.1. The maximum Gasteiger partial charge on any atom is 0.256 e. The van der Waals surface area contributed by atoms with Crippen LogP contribution in [0.1, 0.15) is 15.9 Å². The zero-order chi connectivity index (χ0) is 15.8. The van der Waals surface area contributed by atoms with Crippen LogP contribution >= 0.6 is 11.6 Å². The molecule has 1 aromatic carbocycles. The van der Waals surface area contributed by atoms with Crippen molar-refractivity contribution in [3.05, 3.63) is 40.5 Å². The SMILES string of the molecule is Cc1ccc(C(=O)Nc2nn(C)cc2S(N)(=O)=O)cc1Cl. The molecule has 0 aliphatic rings. The second kappa shape index (κ2) is 5.47. The van der Waals surface area contributed by atoms with Gasteiger partial charge in [-0.2, -0.15) is 5.10 Å². The van der Waals surface area contributed by atoms with E-state index in [-0.39, 0.29) is 16.3 Å². The zero-order valence-corrected chi connectivity index (χ0v) is 12.9. The zero-order valence-electron chi connectivity index (χ0n) is 11.3. The molecule has 21 heavy (non-hydrogen) atoms. The smallest absolute Gasteiger partial charge is 0.256 e. The van der Waals surface area contributed by atoms with Crippen molar-refractivity contribution in [2.75, 3.05) is 5.32 Å². The van der Waals surface area contributed by atoms with Crippen LogP contribution in [0.15, 0.2) is 29.3 Å². The lowest BCUT2D eigenvalue weighted by Gasteiger charge is -2.05. The van der Waals surface area contributed by atoms with E-state index in [4.69, 9.17) is 16.7 Å². The molecular formula is C12H13ClN4O3S. The monoisotopic (exact) mass is 328 g/mol. The van der Waals surface area contributed by atoms with E-state index in [1.807, 2.05) is 6.92 Å². The van der Waals surface area contributed by atoms with Gasteiger partial charge in [0.1, 0.15) is 4.90 Å². The topological polar surface area (TPSA) is 107 Å². The van der Waals surface area contributed by atoms with Crippen molar-refractivity contribution in [1.29, 1.82) is 0 Å². The fourth-order valence-corrected chi connectivity index (χ4v) is 2.52. The number of nitrogens with two attached hydrogens (primary N) is 1. The van der Waals surface area contributed by atoms with Crippen molar-refractivity contribution >= 4 is 33.3 Å². The van der Waals surface area contributed by atoms with Crippen LogP contribution in [0.25, 0.3) is 0 Å². The molecule has 0 atom stereocenters. The van der Waals surface area contributed by atoms with Gasteiger partial charge in [-0.1, -0.05) is 17.7 Å². The van der Waals surface area contributed by atoms with Gasteiger partial charge in [0, 0.05) is 23.8 Å². The first-order valence-corrected chi connectivity index (χ1v) is 7.75. The van der Waals surface area contributed by atoms with Gasteiger partial charge in [0.15, 0.2) is 5.82 Å². The summed E-state index contributed by atoms with van der Waals surface area (Å²) in [5.41, 5.74) is 1.12. The molecule has 1 aromatic heterocycles. The third kappa shape index (κ3) is 3.41. The molecule has 0 saturated heterocycles. The summed E-state index contributed by atoms with van der Waals surface area (Å²) in [7, 11) is -2.46. The normalized spacial score (nSPS) is 11.4. The summed E-state index contributed by atoms with van der Waals surface area (Å²) in [6, 6.07) is 4.76. The molecule has 1 amide bonds. The van der Waals surface area contributed by atoms with E-state index in [1.165, 1.54) is 24.0 Å². The van der Waals surface area contributed by atoms with E-state index < -0.39 is 15.9 Å². The first-order valence-electron chi connectivity index (χ1n) is 5.82. The molecule has 0 unspecified atom stereocenters. The lowest BCUT2D eigenvalue weighted by molar-refractivity contribution is 0.102. The van der Waals surface area contributed by atoms with Gasteiger partial charge in [-0.25, -0.2) is 13.6 Å². The van der Waals surface area contributed by atoms with Gasteiger partial charge >= 0.3 is 0 Å². The molecule has 2 rings (SSSR count). The van der Waals surface area contributed by atoms with E-state index in [2.05, 4.69) is 10.4 Å². The molecule has 3 N–H and O–H groups in total. The fourth-order valence-electron chi connectivity index (χ4n) is 1.68. The quantitative estimate of drug-likeness (QED) is 0.884. The summed E-state index contributed by atoms with van der Waals surface area (Å²) in [6.45, 7) is 1.81. The Hall–Kier alpha value is -1.90. The van der Waals surface area contributed by atoms with Crippen molar-refractivity contribution < 1.29 is 13.2 Å². The van der Waals surface area contributed by atoms with Crippen LogP contribution in [-0.4, -0.2) is 24.1 Å². The van der Waals surface area contributed by atoms with Crippen molar-refractivity contribution in [2.45, 2.75) is 11.8 Å². The minimum atomic E-state index is -3.98. The Morgan fingerprint density at radius 3 is 2.67 bits per heavy atom. The van der Waals surface area contributed by atoms with Crippen LogP contribution in [0.5, 0.6) is 0 Å². The number of aryl methyl sites for hydroxylation is 2. The first-order chi connectivity index (χ1) is 9.68. The maximum absolute atomic E-state index is 12.1. The summed E-state index contributed by atoms with van der Waals surface area (Å²) in [4.78, 5) is 11.9. The Balaban J connectivity index is 2.34. The number of sulfonamides is 1. The molecule has 1 heterocycles. The Morgan fingerprint density at radius 1 is 1.43 bits per heavy atom. The van der Waals surface area contributed by atoms with Crippen LogP contribution in [-0.2, 0) is 17.1 Å². The predicted octanol–water partition coefficient (Wildman–Crippen LogP) is 1.28. The molecule has 0 aliphatic heterocycles. The second-order valence-electron chi connectivity index (χ2n) is 4.48. The summed E-state index contributed by atoms with van der Waals surface area (Å²) < 4.78 is 24.1. The second-order valence-corrected chi connectivity index (χ2v) is 6.42. The Bertz CT molecular complexity index is 814. The van der Waals surface area contributed by atoms with Gasteiger partial charge in [-0.3, -0.25) is 9.48 Å². The van der Waals surface area contributed by atoms with Crippen molar-refractivity contribution in [3.8, 4) is 0 Å². The number of rotatable bonds is 3. The number of hydrogen-bond donors (Lipinski definition) is 2. The number of nitrogens with zero attached hydrogens (tertiary/aromatic N) is 2. The van der Waals surface area contributed by atoms with Gasteiger partial charge in [-0.05, 0) is 24.6 Å². The summed E-state index contributed by atoms with van der Waals surface area (Å²) in [5.74, 6) is -0.651. The predicted molar refractivity (Wildman–Crippen MR) is 78.7 cm³/mol. The third-order valence-electron chi connectivity index (χ3n) is 2.77. The molecule has 0 fully saturated rings. The van der Waals surface area contributed by atoms with Gasteiger partial charge in [0.05, 0.1) is 0 Å². The average Bonchev–Trinajstić information content (AvgIpc) is 2.73. The van der Waals surface area contributed by atoms with Gasteiger partial charge in [0.2, 0.25) is 10.0 Å². The number of benzene rings is 1. The summed E-state index contributed by atoms with van der Waals surface area (Å²) in [6.07, 6.45) is 1.22. The Morgan fingerprint density at radius 2 is 2.10 bits per heavy atom. The molecular weight excluding hydrogens is 316 g/mol. The van der Waals surface area contributed by atoms with Crippen LogP contribution in [0.4, 0.5) is 5.82 Å². The fraction of sp³-hybridized carbons (Fsp3) is 0.167. The molecule has 0 aliphatic carbocycles. The number of nitrogens with one attached hydrogen (secondary N) is 1. The number of amides is 1. The van der Waals surface area contributed by atoms with Crippen LogP contribution < -0.4 is 10.5 Å². The standard InChI is InChI=1S/C12H13ClN4O3S/c1-7-3-4-8(5-9(7)13)12(18)15-11-10(21(14,19)20)6-17(2)16-11/h3-6H,1-2H3,(H2,14,19,20)(H,15,16,18). The van der Waals surface area contributed by atoms with Gasteiger partial charge in [0.25, 0.3) is 5.91 Å². The summed E-state index contributed by atoms with van der Waals surface area (Å²) in [5, 5.41) is 11.8. The highest BCUT2D eigenvalue weighted by molar-refractivity contribution is 7.89. The van der Waals surface area contributed by atoms with E-state index in [0.717, 1.165) is 5.56 Å². The van der Waals surface area contributed by atoms with E-state index in [9.17, 15) is 13.2 Å². The number of anilines is 1. The first kappa shape index (κ1) is 15.5. The van der Waals surface area contributed by atoms with Crippen LogP contribution in [0, 0.1) is 6.92 Å². The highest BCUT2D eigenvalue weighted by atomic mass is 35.5. The Labute approximate surface area is 126 Å². The largest absolute Gasteiger partial charge is 0.304 e. The lowest BCUT2D eigenvalue weighted by atomic mass is 10.1. The van der Waals surface area contributed by atoms with Gasteiger partial charge < -0.3 is 5.32 Å². The molecule has 9 heteroatoms. The molecule has 0 saturated carbocycles. The molecule has 112 valence electrons. The van der Waals surface area contributed by atoms with Crippen LogP contribution in [0.3, 0.4) is 0 Å². The highest BCUT2D eigenvalue weighted by Gasteiger charge is 2.20. The van der Waals surface area contributed by atoms with Crippen molar-refractivity contribution in [1.82, 2.24) is 9.78 Å². The van der Waals surface area contributed by atoms with E-state index >= 15 is 0 Å². The van der Waals surface area contributed by atoms with E-state index in [0.29, 0.717) is 5.02 Å².